The summed E-state index contributed by atoms with van der Waals surface area (Å²) in [6, 6.07) is 10.9. The van der Waals surface area contributed by atoms with E-state index >= 15 is 0 Å². The maximum atomic E-state index is 13.5. The highest BCUT2D eigenvalue weighted by atomic mass is 32.2. The van der Waals surface area contributed by atoms with Gasteiger partial charge in [0.1, 0.15) is 11.6 Å². The van der Waals surface area contributed by atoms with Crippen molar-refractivity contribution in [3.05, 3.63) is 71.3 Å². The Morgan fingerprint density at radius 1 is 0.654 bits per heavy atom. The molecule has 0 unspecified atom stereocenters. The second-order valence-electron chi connectivity index (χ2n) is 5.49. The minimum atomic E-state index is -3.83. The van der Waals surface area contributed by atoms with Crippen molar-refractivity contribution < 1.29 is 25.6 Å². The Bertz CT molecular complexity index is 884. The standard InChI is InChI=1S/C16H18F2N2O4S2/c17-15-7-3-1-5-13(15)11-25(21,22)19-9-10-20-26(23,24)12-14-6-2-4-8-16(14)18/h1-8,19-20H,9-12H2. The number of sulfonamides is 2. The molecule has 0 atom stereocenters. The van der Waals surface area contributed by atoms with E-state index in [0.717, 1.165) is 12.1 Å². The van der Waals surface area contributed by atoms with Gasteiger partial charge < -0.3 is 0 Å². The van der Waals surface area contributed by atoms with Crippen molar-refractivity contribution in [1.82, 2.24) is 9.44 Å². The smallest absolute Gasteiger partial charge is 0.214 e. The summed E-state index contributed by atoms with van der Waals surface area (Å²) in [4.78, 5) is 0. The van der Waals surface area contributed by atoms with E-state index in [4.69, 9.17) is 0 Å². The molecule has 26 heavy (non-hydrogen) atoms. The van der Waals surface area contributed by atoms with Crippen LogP contribution in [0, 0.1) is 11.6 Å². The van der Waals surface area contributed by atoms with Gasteiger partial charge in [0, 0.05) is 24.2 Å². The fourth-order valence-electron chi connectivity index (χ4n) is 2.16. The Labute approximate surface area is 151 Å². The van der Waals surface area contributed by atoms with Crippen molar-refractivity contribution in [2.45, 2.75) is 11.5 Å². The Hall–Kier alpha value is -1.88. The molecule has 142 valence electrons. The third-order valence-corrected chi connectivity index (χ3v) is 6.05. The monoisotopic (exact) mass is 404 g/mol. The summed E-state index contributed by atoms with van der Waals surface area (Å²) < 4.78 is 79.0. The molecule has 0 heterocycles. The molecule has 0 spiro atoms. The van der Waals surface area contributed by atoms with Crippen molar-refractivity contribution in [3.8, 4) is 0 Å². The van der Waals surface area contributed by atoms with E-state index in [-0.39, 0.29) is 24.2 Å². The molecule has 2 N–H and O–H groups in total. The molecule has 2 aromatic rings. The molecule has 0 saturated carbocycles. The largest absolute Gasteiger partial charge is 0.215 e. The quantitative estimate of drug-likeness (QED) is 0.620. The minimum Gasteiger partial charge on any atom is -0.214 e. The lowest BCUT2D eigenvalue weighted by Crippen LogP contribution is -2.35. The van der Waals surface area contributed by atoms with Gasteiger partial charge in [-0.15, -0.1) is 0 Å². The maximum absolute atomic E-state index is 13.5. The minimum absolute atomic E-state index is 0.0140. The van der Waals surface area contributed by atoms with Gasteiger partial charge in [-0.1, -0.05) is 36.4 Å². The van der Waals surface area contributed by atoms with E-state index in [1.807, 2.05) is 0 Å². The highest BCUT2D eigenvalue weighted by molar-refractivity contribution is 7.89. The molecule has 2 aromatic carbocycles. The average Bonchev–Trinajstić information content (AvgIpc) is 2.56. The van der Waals surface area contributed by atoms with Gasteiger partial charge in [-0.25, -0.2) is 35.1 Å². The highest BCUT2D eigenvalue weighted by Gasteiger charge is 2.16. The van der Waals surface area contributed by atoms with Crippen LogP contribution < -0.4 is 9.44 Å². The number of nitrogens with one attached hydrogen (secondary N) is 2. The first kappa shape index (κ1) is 20.4. The molecule has 0 aliphatic rings. The second kappa shape index (κ2) is 8.67. The van der Waals surface area contributed by atoms with Crippen LogP contribution in [0.15, 0.2) is 48.5 Å². The van der Waals surface area contributed by atoms with E-state index in [0.29, 0.717) is 0 Å². The molecule has 6 nitrogen and oxygen atoms in total. The van der Waals surface area contributed by atoms with Gasteiger partial charge in [-0.2, -0.15) is 0 Å². The van der Waals surface area contributed by atoms with Gasteiger partial charge in [-0.05, 0) is 12.1 Å². The van der Waals surface area contributed by atoms with Crippen molar-refractivity contribution in [2.75, 3.05) is 13.1 Å². The van der Waals surface area contributed by atoms with E-state index in [1.165, 1.54) is 36.4 Å². The van der Waals surface area contributed by atoms with Crippen molar-refractivity contribution >= 4 is 20.0 Å². The first-order chi connectivity index (χ1) is 12.2. The number of halogens is 2. The summed E-state index contributed by atoms with van der Waals surface area (Å²) >= 11 is 0. The molecular formula is C16H18F2N2O4S2. The van der Waals surface area contributed by atoms with Crippen LogP contribution in [-0.4, -0.2) is 29.9 Å². The fraction of sp³-hybridized carbons (Fsp3) is 0.250. The van der Waals surface area contributed by atoms with Crippen molar-refractivity contribution in [1.29, 1.82) is 0 Å². The molecule has 0 saturated heterocycles. The number of benzene rings is 2. The summed E-state index contributed by atoms with van der Waals surface area (Å²) in [7, 11) is -7.65. The Morgan fingerprint density at radius 3 is 1.35 bits per heavy atom. The predicted octanol–water partition coefficient (Wildman–Crippen LogP) is 1.50. The van der Waals surface area contributed by atoms with Gasteiger partial charge in [0.15, 0.2) is 0 Å². The SMILES string of the molecule is O=S(=O)(Cc1ccccc1F)NCCNS(=O)(=O)Cc1ccccc1F. The topological polar surface area (TPSA) is 92.3 Å². The predicted molar refractivity (Wildman–Crippen MR) is 94.1 cm³/mol. The van der Waals surface area contributed by atoms with Gasteiger partial charge in [-0.3, -0.25) is 0 Å². The lowest BCUT2D eigenvalue weighted by Gasteiger charge is -2.09. The third kappa shape index (κ3) is 6.45. The Kier molecular flexibility index (Phi) is 6.81. The fourth-order valence-corrected chi connectivity index (χ4v) is 4.47. The van der Waals surface area contributed by atoms with E-state index in [9.17, 15) is 25.6 Å². The Morgan fingerprint density at radius 2 is 1.00 bits per heavy atom. The molecular weight excluding hydrogens is 386 g/mol. The molecule has 0 aliphatic heterocycles. The molecule has 0 fully saturated rings. The lowest BCUT2D eigenvalue weighted by molar-refractivity contribution is 0.565. The number of hydrogen-bond donors (Lipinski definition) is 2. The zero-order chi connectivity index (χ0) is 19.2. The lowest BCUT2D eigenvalue weighted by atomic mass is 10.2. The summed E-state index contributed by atoms with van der Waals surface area (Å²) in [5, 5.41) is 0. The molecule has 10 heteroatoms. The average molecular weight is 404 g/mol. The zero-order valence-electron chi connectivity index (χ0n) is 13.7. The van der Waals surface area contributed by atoms with Crippen molar-refractivity contribution in [3.63, 3.8) is 0 Å². The highest BCUT2D eigenvalue weighted by Crippen LogP contribution is 2.10. The van der Waals surface area contributed by atoms with Crippen molar-refractivity contribution in [2.24, 2.45) is 0 Å². The molecule has 2 rings (SSSR count). The number of rotatable bonds is 9. The molecule has 0 radical (unpaired) electrons. The van der Waals surface area contributed by atoms with E-state index < -0.39 is 43.2 Å². The normalized spacial score (nSPS) is 12.2. The molecule has 0 bridgehead atoms. The van der Waals surface area contributed by atoms with Gasteiger partial charge >= 0.3 is 0 Å². The summed E-state index contributed by atoms with van der Waals surface area (Å²) in [5.74, 6) is -2.38. The first-order valence-corrected chi connectivity index (χ1v) is 10.9. The summed E-state index contributed by atoms with van der Waals surface area (Å²) in [6.07, 6.45) is 0. The zero-order valence-corrected chi connectivity index (χ0v) is 15.3. The van der Waals surface area contributed by atoms with Gasteiger partial charge in [0.25, 0.3) is 0 Å². The third-order valence-electron chi connectivity index (χ3n) is 3.38. The second-order valence-corrected chi connectivity index (χ2v) is 9.10. The van der Waals surface area contributed by atoms with Crippen LogP contribution in [0.4, 0.5) is 8.78 Å². The first-order valence-electron chi connectivity index (χ1n) is 7.60. The maximum Gasteiger partial charge on any atom is 0.215 e. The Balaban J connectivity index is 1.83. The van der Waals surface area contributed by atoms with Crippen LogP contribution >= 0.6 is 0 Å². The van der Waals surface area contributed by atoms with Crippen LogP contribution in [0.5, 0.6) is 0 Å². The van der Waals surface area contributed by atoms with Crippen LogP contribution in [0.25, 0.3) is 0 Å². The van der Waals surface area contributed by atoms with E-state index in [1.54, 1.807) is 0 Å². The molecule has 0 aromatic heterocycles. The summed E-state index contributed by atoms with van der Waals surface area (Å²) in [6.45, 7) is -0.430. The molecule has 0 amide bonds. The van der Waals surface area contributed by atoms with Gasteiger partial charge in [0.05, 0.1) is 11.5 Å². The van der Waals surface area contributed by atoms with Crippen LogP contribution in [0.3, 0.4) is 0 Å². The van der Waals surface area contributed by atoms with Crippen LogP contribution in [-0.2, 0) is 31.6 Å². The number of hydrogen-bond acceptors (Lipinski definition) is 4. The van der Waals surface area contributed by atoms with Crippen LogP contribution in [0.1, 0.15) is 11.1 Å². The molecule has 0 aliphatic carbocycles. The van der Waals surface area contributed by atoms with Gasteiger partial charge in [0.2, 0.25) is 20.0 Å². The van der Waals surface area contributed by atoms with E-state index in [2.05, 4.69) is 9.44 Å². The van der Waals surface area contributed by atoms with Crippen LogP contribution in [0.2, 0.25) is 0 Å². The summed E-state index contributed by atoms with van der Waals surface area (Å²) in [5.41, 5.74) is 0.0280.